The van der Waals surface area contributed by atoms with Crippen LogP contribution in [0.25, 0.3) is 23.0 Å². The average molecular weight is 423 g/mol. The van der Waals surface area contributed by atoms with Crippen molar-refractivity contribution >= 4 is 5.97 Å². The fraction of sp³-hybridized carbons (Fsp3) is 0.500. The molecular formula is C24H30N4O3. The molecule has 1 aromatic carbocycles. The maximum Gasteiger partial charge on any atom is 0.306 e. The van der Waals surface area contributed by atoms with Gasteiger partial charge in [0.2, 0.25) is 5.82 Å². The van der Waals surface area contributed by atoms with Crippen LogP contribution in [0.1, 0.15) is 56.0 Å². The maximum absolute atomic E-state index is 11.6. The van der Waals surface area contributed by atoms with Crippen LogP contribution in [0, 0.1) is 12.3 Å². The summed E-state index contributed by atoms with van der Waals surface area (Å²) in [4.78, 5) is 16.3. The lowest BCUT2D eigenvalue weighted by Gasteiger charge is -2.29. The number of esters is 1. The van der Waals surface area contributed by atoms with Crippen molar-refractivity contribution in [2.75, 3.05) is 6.61 Å². The van der Waals surface area contributed by atoms with Crippen LogP contribution in [0.5, 0.6) is 0 Å². The van der Waals surface area contributed by atoms with E-state index in [0.29, 0.717) is 31.2 Å². The molecule has 0 unspecified atom stereocenters. The first-order chi connectivity index (χ1) is 14.8. The summed E-state index contributed by atoms with van der Waals surface area (Å²) in [6.07, 6.45) is 4.11. The number of ether oxygens (including phenoxy) is 1. The van der Waals surface area contributed by atoms with Crippen molar-refractivity contribution in [2.24, 2.45) is 12.5 Å². The molecule has 0 N–H and O–H groups in total. The molecule has 164 valence electrons. The molecule has 0 saturated heterocycles. The Morgan fingerprint density at radius 1 is 1.32 bits per heavy atom. The molecule has 7 nitrogen and oxygen atoms in total. The number of rotatable bonds is 6. The molecule has 0 saturated carbocycles. The summed E-state index contributed by atoms with van der Waals surface area (Å²) in [6, 6.07) is 6.02. The van der Waals surface area contributed by atoms with E-state index in [2.05, 4.69) is 24.0 Å². The van der Waals surface area contributed by atoms with Crippen LogP contribution in [0.15, 0.2) is 22.7 Å². The molecular weight excluding hydrogens is 392 g/mol. The molecule has 0 atom stereocenters. The summed E-state index contributed by atoms with van der Waals surface area (Å²) in [5.74, 6) is 0.844. The topological polar surface area (TPSA) is 83.0 Å². The number of carbonyl (C=O) groups excluding carboxylic acids is 1. The van der Waals surface area contributed by atoms with Crippen molar-refractivity contribution in [1.29, 1.82) is 0 Å². The van der Waals surface area contributed by atoms with Crippen molar-refractivity contribution in [2.45, 2.75) is 59.8 Å². The van der Waals surface area contributed by atoms with Crippen LogP contribution in [0.4, 0.5) is 0 Å². The molecule has 2 heterocycles. The van der Waals surface area contributed by atoms with E-state index in [-0.39, 0.29) is 11.4 Å². The molecule has 1 aliphatic rings. The van der Waals surface area contributed by atoms with Gasteiger partial charge in [0.1, 0.15) is 0 Å². The van der Waals surface area contributed by atoms with Gasteiger partial charge < -0.3 is 9.26 Å². The van der Waals surface area contributed by atoms with Crippen LogP contribution in [0.2, 0.25) is 0 Å². The van der Waals surface area contributed by atoms with Gasteiger partial charge in [-0.05, 0) is 62.1 Å². The van der Waals surface area contributed by atoms with E-state index in [9.17, 15) is 4.79 Å². The van der Waals surface area contributed by atoms with Crippen LogP contribution in [-0.4, -0.2) is 32.5 Å². The summed E-state index contributed by atoms with van der Waals surface area (Å²) in [5.41, 5.74) is 6.65. The monoisotopic (exact) mass is 422 g/mol. The highest BCUT2D eigenvalue weighted by Gasteiger charge is 2.32. The van der Waals surface area contributed by atoms with Gasteiger partial charge in [-0.2, -0.15) is 10.1 Å². The quantitative estimate of drug-likeness (QED) is 0.546. The lowest BCUT2D eigenvalue weighted by molar-refractivity contribution is -0.143. The Hall–Kier alpha value is -2.96. The molecule has 0 amide bonds. The number of fused-ring (bicyclic) bond motifs is 1. The van der Waals surface area contributed by atoms with Crippen molar-refractivity contribution in [3.63, 3.8) is 0 Å². The Labute approximate surface area is 182 Å². The second-order valence-electron chi connectivity index (χ2n) is 9.11. The van der Waals surface area contributed by atoms with Gasteiger partial charge in [-0.1, -0.05) is 31.1 Å². The first-order valence-corrected chi connectivity index (χ1v) is 10.9. The average Bonchev–Trinajstić information content (AvgIpc) is 3.32. The molecule has 3 aromatic rings. The van der Waals surface area contributed by atoms with E-state index in [4.69, 9.17) is 14.4 Å². The first-order valence-electron chi connectivity index (χ1n) is 10.9. The molecule has 7 heteroatoms. The van der Waals surface area contributed by atoms with E-state index in [0.717, 1.165) is 41.6 Å². The summed E-state index contributed by atoms with van der Waals surface area (Å²) in [7, 11) is 1.99. The van der Waals surface area contributed by atoms with E-state index in [1.54, 1.807) is 0 Å². The minimum absolute atomic E-state index is 0.170. The summed E-state index contributed by atoms with van der Waals surface area (Å²) >= 11 is 0. The van der Waals surface area contributed by atoms with E-state index < -0.39 is 0 Å². The zero-order chi connectivity index (χ0) is 22.2. The lowest BCUT2D eigenvalue weighted by atomic mass is 9.76. The molecule has 0 radical (unpaired) electrons. The van der Waals surface area contributed by atoms with Crippen molar-refractivity contribution in [1.82, 2.24) is 19.9 Å². The van der Waals surface area contributed by atoms with Crippen LogP contribution < -0.4 is 0 Å². The third kappa shape index (κ3) is 4.40. The minimum Gasteiger partial charge on any atom is -0.466 e. The van der Waals surface area contributed by atoms with Gasteiger partial charge in [0.25, 0.3) is 5.89 Å². The highest BCUT2D eigenvalue weighted by Crippen LogP contribution is 2.38. The Balaban J connectivity index is 1.55. The van der Waals surface area contributed by atoms with Crippen molar-refractivity contribution < 1.29 is 14.1 Å². The third-order valence-corrected chi connectivity index (χ3v) is 6.11. The number of aryl methyl sites for hydroxylation is 3. The fourth-order valence-electron chi connectivity index (χ4n) is 4.29. The summed E-state index contributed by atoms with van der Waals surface area (Å²) in [6.45, 7) is 8.85. The fourth-order valence-corrected chi connectivity index (χ4v) is 4.29. The highest BCUT2D eigenvalue weighted by molar-refractivity contribution is 5.70. The summed E-state index contributed by atoms with van der Waals surface area (Å²) < 4.78 is 12.6. The zero-order valence-corrected chi connectivity index (χ0v) is 19.0. The molecule has 0 fully saturated rings. The number of carbonyl (C=O) groups is 1. The molecule has 2 aromatic heterocycles. The number of hydrogen-bond donors (Lipinski definition) is 0. The number of hydrogen-bond acceptors (Lipinski definition) is 6. The SMILES string of the molecule is CCOC(=O)CCc1ccc(-c2noc(-c3nn(C)c4c3CCC(C)(C)C4)n2)cc1C. The first kappa shape index (κ1) is 21.3. The number of aromatic nitrogens is 4. The van der Waals surface area contributed by atoms with Gasteiger partial charge in [-0.25, -0.2) is 0 Å². The van der Waals surface area contributed by atoms with E-state index >= 15 is 0 Å². The van der Waals surface area contributed by atoms with Crippen LogP contribution in [0.3, 0.4) is 0 Å². The standard InChI is InChI=1S/C24H30N4O3/c1-6-30-20(29)10-9-16-7-8-17(13-15(16)2)22-25-23(31-27-22)21-18-11-12-24(3,4)14-19(18)28(5)26-21/h7-8,13H,6,9-12,14H2,1-5H3. The minimum atomic E-state index is -0.170. The smallest absolute Gasteiger partial charge is 0.306 e. The molecule has 31 heavy (non-hydrogen) atoms. The van der Waals surface area contributed by atoms with Gasteiger partial charge in [-0.15, -0.1) is 0 Å². The molecule has 4 rings (SSSR count). The second-order valence-corrected chi connectivity index (χ2v) is 9.11. The Morgan fingerprint density at radius 3 is 2.87 bits per heavy atom. The third-order valence-electron chi connectivity index (χ3n) is 6.11. The Kier molecular flexibility index (Phi) is 5.69. The van der Waals surface area contributed by atoms with Crippen LogP contribution in [-0.2, 0) is 35.8 Å². The number of nitrogens with zero attached hydrogens (tertiary/aromatic N) is 4. The van der Waals surface area contributed by atoms with Gasteiger partial charge in [-0.3, -0.25) is 9.48 Å². The van der Waals surface area contributed by atoms with Gasteiger partial charge in [0, 0.05) is 30.3 Å². The number of benzene rings is 1. The second kappa shape index (κ2) is 8.29. The van der Waals surface area contributed by atoms with E-state index in [1.807, 2.05) is 43.8 Å². The van der Waals surface area contributed by atoms with Crippen LogP contribution >= 0.6 is 0 Å². The highest BCUT2D eigenvalue weighted by atomic mass is 16.5. The molecule has 0 aliphatic heterocycles. The van der Waals surface area contributed by atoms with E-state index in [1.165, 1.54) is 11.3 Å². The Morgan fingerprint density at radius 2 is 2.13 bits per heavy atom. The van der Waals surface area contributed by atoms with Crippen molar-refractivity contribution in [3.8, 4) is 23.0 Å². The van der Waals surface area contributed by atoms with Gasteiger partial charge >= 0.3 is 5.97 Å². The predicted octanol–water partition coefficient (Wildman–Crippen LogP) is 4.46. The summed E-state index contributed by atoms with van der Waals surface area (Å²) in [5, 5.41) is 8.91. The lowest BCUT2D eigenvalue weighted by Crippen LogP contribution is -2.23. The largest absolute Gasteiger partial charge is 0.466 e. The zero-order valence-electron chi connectivity index (χ0n) is 19.0. The maximum atomic E-state index is 11.6. The predicted molar refractivity (Wildman–Crippen MR) is 117 cm³/mol. The Bertz CT molecular complexity index is 1110. The normalized spacial score (nSPS) is 15.0. The van der Waals surface area contributed by atoms with Gasteiger partial charge in [0.15, 0.2) is 5.69 Å². The molecule has 0 bridgehead atoms. The molecule has 1 aliphatic carbocycles. The van der Waals surface area contributed by atoms with Crippen molar-refractivity contribution in [3.05, 3.63) is 40.6 Å². The van der Waals surface area contributed by atoms with Gasteiger partial charge in [0.05, 0.1) is 6.61 Å². The molecule has 0 spiro atoms.